The van der Waals surface area contributed by atoms with Gasteiger partial charge in [-0.15, -0.1) is 0 Å². The van der Waals surface area contributed by atoms with Gasteiger partial charge in [0.1, 0.15) is 5.75 Å². The van der Waals surface area contributed by atoms with Crippen LogP contribution in [0.2, 0.25) is 0 Å². The van der Waals surface area contributed by atoms with Crippen molar-refractivity contribution in [2.45, 2.75) is 13.6 Å². The molecule has 1 aromatic carbocycles. The van der Waals surface area contributed by atoms with Crippen molar-refractivity contribution in [3.8, 4) is 5.75 Å². The molecule has 7 nitrogen and oxygen atoms in total. The average Bonchev–Trinajstić information content (AvgIpc) is 2.88. The van der Waals surface area contributed by atoms with E-state index in [1.54, 1.807) is 22.7 Å². The molecule has 2 heterocycles. The number of rotatable bonds is 5. The van der Waals surface area contributed by atoms with Gasteiger partial charge >= 0.3 is 0 Å². The summed E-state index contributed by atoms with van der Waals surface area (Å²) >= 11 is 5.51. The van der Waals surface area contributed by atoms with Gasteiger partial charge < -0.3 is 9.47 Å². The van der Waals surface area contributed by atoms with Crippen LogP contribution in [0.1, 0.15) is 11.4 Å². The van der Waals surface area contributed by atoms with Crippen molar-refractivity contribution in [3.05, 3.63) is 40.4 Å². The van der Waals surface area contributed by atoms with Crippen LogP contribution in [0.15, 0.2) is 29.4 Å². The highest BCUT2D eigenvalue weighted by Crippen LogP contribution is 2.10. The van der Waals surface area contributed by atoms with Gasteiger partial charge in [-0.2, -0.15) is 14.9 Å². The normalized spacial score (nSPS) is 15.9. The van der Waals surface area contributed by atoms with E-state index >= 15 is 0 Å². The van der Waals surface area contributed by atoms with Crippen LogP contribution < -0.4 is 4.74 Å². The second-order valence-corrected chi connectivity index (χ2v) is 5.90. The minimum Gasteiger partial charge on any atom is -0.497 e. The topological polar surface area (TPSA) is 56.8 Å². The van der Waals surface area contributed by atoms with Crippen molar-refractivity contribution in [3.63, 3.8) is 0 Å². The van der Waals surface area contributed by atoms with Crippen molar-refractivity contribution in [1.29, 1.82) is 0 Å². The van der Waals surface area contributed by atoms with E-state index in [0.29, 0.717) is 11.4 Å². The molecule has 1 aliphatic rings. The number of ether oxygens (including phenoxy) is 2. The lowest BCUT2D eigenvalue weighted by Crippen LogP contribution is -2.37. The molecule has 8 heteroatoms. The maximum Gasteiger partial charge on any atom is 0.220 e. The predicted molar refractivity (Wildman–Crippen MR) is 94.2 cm³/mol. The van der Waals surface area contributed by atoms with Crippen molar-refractivity contribution in [2.24, 2.45) is 5.10 Å². The molecule has 1 saturated heterocycles. The van der Waals surface area contributed by atoms with Gasteiger partial charge in [-0.3, -0.25) is 4.90 Å². The molecular weight excluding hydrogens is 326 g/mol. The molecule has 3 rings (SSSR count). The van der Waals surface area contributed by atoms with Gasteiger partial charge in [0.15, 0.2) is 5.82 Å². The molecule has 0 unspecified atom stereocenters. The molecule has 0 amide bonds. The number of hydrogen-bond acceptors (Lipinski definition) is 6. The van der Waals surface area contributed by atoms with Gasteiger partial charge in [-0.05, 0) is 49.0 Å². The van der Waals surface area contributed by atoms with E-state index < -0.39 is 0 Å². The Balaban J connectivity index is 1.75. The Kier molecular flexibility index (Phi) is 5.39. The second kappa shape index (κ2) is 7.69. The molecule has 1 aliphatic heterocycles. The van der Waals surface area contributed by atoms with Gasteiger partial charge in [0, 0.05) is 13.1 Å². The Morgan fingerprint density at radius 2 is 2.00 bits per heavy atom. The van der Waals surface area contributed by atoms with Crippen LogP contribution in [0.3, 0.4) is 0 Å². The number of benzene rings is 1. The second-order valence-electron chi connectivity index (χ2n) is 5.53. The first-order chi connectivity index (χ1) is 11.7. The van der Waals surface area contributed by atoms with Crippen molar-refractivity contribution in [2.75, 3.05) is 33.4 Å². The minimum atomic E-state index is 0.587. The summed E-state index contributed by atoms with van der Waals surface area (Å²) in [6, 6.07) is 7.68. The monoisotopic (exact) mass is 347 g/mol. The van der Waals surface area contributed by atoms with Crippen LogP contribution in [0.25, 0.3) is 0 Å². The van der Waals surface area contributed by atoms with Crippen LogP contribution in [-0.4, -0.2) is 59.0 Å². The fraction of sp³-hybridized carbons (Fsp3) is 0.438. The molecule has 24 heavy (non-hydrogen) atoms. The molecule has 0 N–H and O–H groups in total. The first-order valence-corrected chi connectivity index (χ1v) is 8.23. The molecule has 0 saturated carbocycles. The van der Waals surface area contributed by atoms with Crippen LogP contribution >= 0.6 is 12.2 Å². The Morgan fingerprint density at radius 3 is 2.67 bits per heavy atom. The number of aromatic nitrogens is 3. The van der Waals surface area contributed by atoms with Gasteiger partial charge in [-0.25, -0.2) is 4.68 Å². The molecule has 0 bridgehead atoms. The lowest BCUT2D eigenvalue weighted by Gasteiger charge is -2.25. The molecule has 0 atom stereocenters. The summed E-state index contributed by atoms with van der Waals surface area (Å²) < 4.78 is 14.6. The summed E-state index contributed by atoms with van der Waals surface area (Å²) in [5.74, 6) is 1.58. The zero-order valence-electron chi connectivity index (χ0n) is 13.9. The number of morpholine rings is 1. The van der Waals surface area contributed by atoms with E-state index in [4.69, 9.17) is 21.7 Å². The fourth-order valence-corrected chi connectivity index (χ4v) is 2.76. The zero-order chi connectivity index (χ0) is 16.9. The molecule has 0 aliphatic carbocycles. The van der Waals surface area contributed by atoms with Crippen molar-refractivity contribution in [1.82, 2.24) is 19.4 Å². The number of methoxy groups -OCH3 is 1. The maximum absolute atomic E-state index is 5.51. The lowest BCUT2D eigenvalue weighted by molar-refractivity contribution is 0.0209. The first kappa shape index (κ1) is 16.8. The van der Waals surface area contributed by atoms with E-state index in [1.165, 1.54) is 0 Å². The summed E-state index contributed by atoms with van der Waals surface area (Å²) in [5, 5.41) is 8.97. The van der Waals surface area contributed by atoms with E-state index in [0.717, 1.165) is 43.4 Å². The molecule has 128 valence electrons. The quantitative estimate of drug-likeness (QED) is 0.611. The van der Waals surface area contributed by atoms with Crippen LogP contribution in [0, 0.1) is 11.7 Å². The van der Waals surface area contributed by atoms with Gasteiger partial charge in [0.25, 0.3) is 0 Å². The Labute approximate surface area is 146 Å². The van der Waals surface area contributed by atoms with E-state index in [9.17, 15) is 0 Å². The van der Waals surface area contributed by atoms with Crippen LogP contribution in [-0.2, 0) is 11.4 Å². The lowest BCUT2D eigenvalue weighted by atomic mass is 10.2. The summed E-state index contributed by atoms with van der Waals surface area (Å²) in [6.07, 6.45) is 1.77. The summed E-state index contributed by atoms with van der Waals surface area (Å²) in [7, 11) is 1.65. The van der Waals surface area contributed by atoms with E-state index in [2.05, 4.69) is 15.1 Å². The highest BCUT2D eigenvalue weighted by Gasteiger charge is 2.13. The molecule has 0 radical (unpaired) electrons. The minimum absolute atomic E-state index is 0.587. The highest BCUT2D eigenvalue weighted by atomic mass is 32.1. The third kappa shape index (κ3) is 3.89. The third-order valence-electron chi connectivity index (χ3n) is 3.85. The van der Waals surface area contributed by atoms with E-state index in [-0.39, 0.29) is 0 Å². The molecule has 1 aromatic heterocycles. The Bertz CT molecular complexity index is 760. The van der Waals surface area contributed by atoms with Crippen LogP contribution in [0.4, 0.5) is 0 Å². The van der Waals surface area contributed by atoms with Gasteiger partial charge in [0.05, 0.1) is 33.2 Å². The van der Waals surface area contributed by atoms with Crippen molar-refractivity contribution < 1.29 is 9.47 Å². The average molecular weight is 347 g/mol. The van der Waals surface area contributed by atoms with Gasteiger partial charge in [0.2, 0.25) is 4.77 Å². The summed E-state index contributed by atoms with van der Waals surface area (Å²) in [5.41, 5.74) is 0.970. The van der Waals surface area contributed by atoms with Gasteiger partial charge in [-0.1, -0.05) is 0 Å². The number of aryl methyl sites for hydroxylation is 1. The van der Waals surface area contributed by atoms with Crippen LogP contribution in [0.5, 0.6) is 5.75 Å². The number of hydrogen-bond donors (Lipinski definition) is 0. The zero-order valence-corrected chi connectivity index (χ0v) is 14.7. The molecule has 1 fully saturated rings. The molecule has 0 spiro atoms. The maximum atomic E-state index is 5.51. The fourth-order valence-electron chi connectivity index (χ4n) is 2.48. The van der Waals surface area contributed by atoms with Crippen molar-refractivity contribution >= 4 is 18.4 Å². The highest BCUT2D eigenvalue weighted by molar-refractivity contribution is 7.71. The third-order valence-corrected chi connectivity index (χ3v) is 4.23. The number of nitrogens with zero attached hydrogens (tertiary/aromatic N) is 5. The Hall–Kier alpha value is -2.03. The standard InChI is InChI=1S/C16H21N5O2S/c1-13-18-20(12-19-7-9-23-10-8-19)16(24)21(13)17-11-14-3-5-15(22-2)6-4-14/h3-6,11H,7-10,12H2,1-2H3/b17-11+. The Morgan fingerprint density at radius 1 is 1.29 bits per heavy atom. The molecule has 2 aromatic rings. The predicted octanol–water partition coefficient (Wildman–Crippen LogP) is 1.90. The molecular formula is C16H21N5O2S. The van der Waals surface area contributed by atoms with E-state index in [1.807, 2.05) is 31.2 Å². The SMILES string of the molecule is COc1ccc(/C=N/n2c(C)nn(CN3CCOCC3)c2=S)cc1. The summed E-state index contributed by atoms with van der Waals surface area (Å²) in [4.78, 5) is 2.27. The summed E-state index contributed by atoms with van der Waals surface area (Å²) in [6.45, 7) is 5.85. The smallest absolute Gasteiger partial charge is 0.220 e. The first-order valence-electron chi connectivity index (χ1n) is 7.82. The largest absolute Gasteiger partial charge is 0.497 e.